The Morgan fingerprint density at radius 3 is 2.89 bits per heavy atom. The van der Waals surface area contributed by atoms with E-state index in [9.17, 15) is 4.79 Å². The van der Waals surface area contributed by atoms with Crippen LogP contribution in [0.3, 0.4) is 0 Å². The highest BCUT2D eigenvalue weighted by molar-refractivity contribution is 8.14. The van der Waals surface area contributed by atoms with Gasteiger partial charge in [-0.25, -0.2) is 4.99 Å². The summed E-state index contributed by atoms with van der Waals surface area (Å²) in [6.45, 7) is 8.52. The van der Waals surface area contributed by atoms with E-state index in [0.29, 0.717) is 18.8 Å². The average molecular weight is 392 g/mol. The molecule has 2 rings (SSSR count). The predicted molar refractivity (Wildman–Crippen MR) is 115 cm³/mol. The lowest BCUT2D eigenvalue weighted by molar-refractivity contribution is -0.122. The number of aliphatic imine (C=N–C) groups is 1. The maximum absolute atomic E-state index is 12.5. The van der Waals surface area contributed by atoms with Crippen LogP contribution in [0.4, 0.5) is 0 Å². The van der Waals surface area contributed by atoms with Crippen LogP contribution in [0.15, 0.2) is 41.1 Å². The molecule has 2 aliphatic heterocycles. The van der Waals surface area contributed by atoms with Gasteiger partial charge in [-0.2, -0.15) is 0 Å². The van der Waals surface area contributed by atoms with Gasteiger partial charge in [0.1, 0.15) is 0 Å². The van der Waals surface area contributed by atoms with Crippen LogP contribution < -0.4 is 10.6 Å². The van der Waals surface area contributed by atoms with Crippen molar-refractivity contribution in [1.82, 2.24) is 10.6 Å². The van der Waals surface area contributed by atoms with E-state index >= 15 is 0 Å². The molecular weight excluding hydrogens is 358 g/mol. The molecule has 1 atom stereocenters. The maximum atomic E-state index is 12.5. The number of carbonyl (C=O) groups excluding carboxylic acids is 1. The van der Waals surface area contributed by atoms with Gasteiger partial charge in [-0.1, -0.05) is 31.2 Å². The quantitative estimate of drug-likeness (QED) is 0.665. The molecule has 0 saturated carbocycles. The van der Waals surface area contributed by atoms with Crippen LogP contribution in [0, 0.1) is 5.92 Å². The zero-order chi connectivity index (χ0) is 19.5. The van der Waals surface area contributed by atoms with Crippen molar-refractivity contribution in [3.8, 4) is 0 Å². The maximum Gasteiger partial charge on any atom is 0.220 e. The van der Waals surface area contributed by atoms with Crippen LogP contribution in [0.25, 0.3) is 0 Å². The van der Waals surface area contributed by atoms with Gasteiger partial charge in [-0.3, -0.25) is 4.79 Å². The Morgan fingerprint density at radius 1 is 1.41 bits per heavy atom. The fourth-order valence-electron chi connectivity index (χ4n) is 3.31. The van der Waals surface area contributed by atoms with Crippen molar-refractivity contribution in [2.24, 2.45) is 10.9 Å². The second-order valence-corrected chi connectivity index (χ2v) is 8.05. The third-order valence-corrected chi connectivity index (χ3v) is 5.90. The number of nitrogens with zero attached hydrogens (tertiary/aromatic N) is 1. The third kappa shape index (κ3) is 8.03. The number of allylic oxidation sites excluding steroid dienone is 3. The molecule has 6 heteroatoms. The van der Waals surface area contributed by atoms with Gasteiger partial charge < -0.3 is 15.4 Å². The molecule has 2 N–H and O–H groups in total. The molecular formula is C21H33N3O2S. The summed E-state index contributed by atoms with van der Waals surface area (Å²) in [7, 11) is 1.93. The molecule has 0 bridgehead atoms. The number of ether oxygens (including phenoxy) is 1. The first kappa shape index (κ1) is 21.9. The van der Waals surface area contributed by atoms with Crippen LogP contribution in [0.2, 0.25) is 0 Å². The smallest absolute Gasteiger partial charge is 0.220 e. The predicted octanol–water partition coefficient (Wildman–Crippen LogP) is 3.45. The Balaban J connectivity index is 1.87. The van der Waals surface area contributed by atoms with Crippen LogP contribution in [-0.2, 0) is 9.53 Å². The Kier molecular flexibility index (Phi) is 9.87. The zero-order valence-corrected chi connectivity index (χ0v) is 17.4. The van der Waals surface area contributed by atoms with Crippen LogP contribution in [0.1, 0.15) is 39.0 Å². The second-order valence-electron chi connectivity index (χ2n) is 6.96. The Bertz CT molecular complexity index is 592. The van der Waals surface area contributed by atoms with Crippen LogP contribution >= 0.6 is 11.8 Å². The molecule has 2 heterocycles. The van der Waals surface area contributed by atoms with E-state index in [4.69, 9.17) is 4.74 Å². The number of carbonyl (C=O) groups is 1. The molecule has 0 radical (unpaired) electrons. The van der Waals surface area contributed by atoms with E-state index in [2.05, 4.69) is 41.3 Å². The first-order chi connectivity index (χ1) is 13.1. The molecule has 1 saturated heterocycles. The van der Waals surface area contributed by atoms with E-state index in [0.717, 1.165) is 55.5 Å². The van der Waals surface area contributed by atoms with E-state index in [1.54, 1.807) is 11.8 Å². The van der Waals surface area contributed by atoms with E-state index in [-0.39, 0.29) is 11.9 Å². The largest absolute Gasteiger partial charge is 0.381 e. The summed E-state index contributed by atoms with van der Waals surface area (Å²) in [4.78, 5) is 17.1. The number of rotatable bonds is 8. The highest BCUT2D eigenvalue weighted by atomic mass is 32.2. The Hall–Kier alpha value is -1.37. The number of thioether (sulfide) groups is 1. The molecule has 27 heavy (non-hydrogen) atoms. The molecule has 5 nitrogen and oxygen atoms in total. The normalized spacial score (nSPS) is 25.2. The summed E-state index contributed by atoms with van der Waals surface area (Å²) in [6.07, 6.45) is 10.4. The molecule has 1 unspecified atom stereocenters. The van der Waals surface area contributed by atoms with Crippen molar-refractivity contribution < 1.29 is 9.53 Å². The molecule has 2 aliphatic rings. The minimum atomic E-state index is 0.0934. The average Bonchev–Trinajstić information content (AvgIpc) is 2.77. The lowest BCUT2D eigenvalue weighted by Gasteiger charge is -2.31. The summed E-state index contributed by atoms with van der Waals surface area (Å²) >= 11 is 1.70. The number of amides is 1. The SMILES string of the molecule is C=C1/C=C\C(CC)=C/CS/C(CCC(=O)NC(CNC)C2CCOCC2)=N\1. The van der Waals surface area contributed by atoms with Crippen molar-refractivity contribution in [2.45, 2.75) is 45.1 Å². The van der Waals surface area contributed by atoms with Crippen molar-refractivity contribution in [3.63, 3.8) is 0 Å². The van der Waals surface area contributed by atoms with Gasteiger partial charge in [0, 0.05) is 44.4 Å². The van der Waals surface area contributed by atoms with Gasteiger partial charge in [0.05, 0.1) is 10.7 Å². The fraction of sp³-hybridized carbons (Fsp3) is 0.619. The van der Waals surface area contributed by atoms with Gasteiger partial charge in [0.25, 0.3) is 0 Å². The summed E-state index contributed by atoms with van der Waals surface area (Å²) in [5, 5.41) is 7.41. The number of nitrogens with one attached hydrogen (secondary N) is 2. The third-order valence-electron chi connectivity index (χ3n) is 4.93. The minimum Gasteiger partial charge on any atom is -0.381 e. The molecule has 150 valence electrons. The number of hydrogen-bond acceptors (Lipinski definition) is 5. The molecule has 0 aliphatic carbocycles. The summed E-state index contributed by atoms with van der Waals surface area (Å²) in [5.74, 6) is 1.45. The first-order valence-corrected chi connectivity index (χ1v) is 10.9. The minimum absolute atomic E-state index is 0.0934. The zero-order valence-electron chi connectivity index (χ0n) is 16.6. The highest BCUT2D eigenvalue weighted by Gasteiger charge is 2.25. The lowest BCUT2D eigenvalue weighted by atomic mass is 9.91. The van der Waals surface area contributed by atoms with Gasteiger partial charge in [-0.05, 0) is 38.3 Å². The molecule has 0 spiro atoms. The topological polar surface area (TPSA) is 62.7 Å². The number of likely N-dealkylation sites (N-methyl/N-ethyl adjacent to an activating group) is 1. The molecule has 1 fully saturated rings. The molecule has 0 aromatic heterocycles. The molecule has 1 amide bonds. The van der Waals surface area contributed by atoms with Crippen molar-refractivity contribution in [3.05, 3.63) is 36.1 Å². The van der Waals surface area contributed by atoms with E-state index in [1.807, 2.05) is 13.1 Å². The van der Waals surface area contributed by atoms with E-state index < -0.39 is 0 Å². The summed E-state index contributed by atoms with van der Waals surface area (Å²) in [6, 6.07) is 0.162. The van der Waals surface area contributed by atoms with Crippen molar-refractivity contribution in [1.29, 1.82) is 0 Å². The van der Waals surface area contributed by atoms with Crippen LogP contribution in [-0.4, -0.2) is 49.6 Å². The van der Waals surface area contributed by atoms with Gasteiger partial charge in [0.15, 0.2) is 0 Å². The highest BCUT2D eigenvalue weighted by Crippen LogP contribution is 2.20. The standard InChI is InChI=1S/C21H33N3O2S/c1-4-17-6-5-16(2)23-21(27-14-11-17)8-7-20(25)24-19(15-22-3)18-9-12-26-13-10-18/h5-6,11,18-19,22H,2,4,7-10,12-15H2,1,3H3,(H,24,25)/b6-5-,17-11-,23-21-. The summed E-state index contributed by atoms with van der Waals surface area (Å²) < 4.78 is 5.45. The van der Waals surface area contributed by atoms with Crippen LogP contribution in [0.5, 0.6) is 0 Å². The lowest BCUT2D eigenvalue weighted by Crippen LogP contribution is -2.47. The van der Waals surface area contributed by atoms with E-state index in [1.165, 1.54) is 5.57 Å². The Labute approximate surface area is 167 Å². The van der Waals surface area contributed by atoms with Gasteiger partial charge in [-0.15, -0.1) is 11.8 Å². The van der Waals surface area contributed by atoms with Gasteiger partial charge in [0.2, 0.25) is 5.91 Å². The van der Waals surface area contributed by atoms with Crippen molar-refractivity contribution >= 4 is 22.7 Å². The first-order valence-electron chi connectivity index (χ1n) is 9.90. The number of hydrogen-bond donors (Lipinski definition) is 2. The van der Waals surface area contributed by atoms with Gasteiger partial charge >= 0.3 is 0 Å². The molecule has 0 aromatic rings. The second kappa shape index (κ2) is 12.2. The molecule has 0 aromatic carbocycles. The summed E-state index contributed by atoms with van der Waals surface area (Å²) in [5.41, 5.74) is 2.04. The monoisotopic (exact) mass is 391 g/mol. The fourth-order valence-corrected chi connectivity index (χ4v) is 4.23. The Morgan fingerprint density at radius 2 is 2.19 bits per heavy atom. The van der Waals surface area contributed by atoms with Crippen molar-refractivity contribution in [2.75, 3.05) is 32.6 Å².